The van der Waals surface area contributed by atoms with Crippen molar-refractivity contribution in [2.24, 2.45) is 0 Å². The fraction of sp³-hybridized carbons (Fsp3) is 0.500. The van der Waals surface area contributed by atoms with E-state index in [2.05, 4.69) is 0 Å². The van der Waals surface area contributed by atoms with Crippen molar-refractivity contribution in [2.75, 3.05) is 6.54 Å². The highest BCUT2D eigenvalue weighted by molar-refractivity contribution is 5.94. The van der Waals surface area contributed by atoms with E-state index in [-0.39, 0.29) is 23.3 Å². The zero-order valence-corrected chi connectivity index (χ0v) is 10.5. The molecule has 0 saturated carbocycles. The number of likely N-dealkylation sites (tertiary alicyclic amines) is 1. The summed E-state index contributed by atoms with van der Waals surface area (Å²) in [6.07, 6.45) is 3.98. The van der Waals surface area contributed by atoms with E-state index in [0.717, 1.165) is 31.7 Å². The minimum Gasteiger partial charge on any atom is -0.508 e. The number of carbonyl (C=O) groups is 1. The van der Waals surface area contributed by atoms with Gasteiger partial charge in [-0.15, -0.1) is 0 Å². The fourth-order valence-corrected chi connectivity index (χ4v) is 2.52. The number of hydrogen-bond acceptors (Lipinski definition) is 2. The summed E-state index contributed by atoms with van der Waals surface area (Å²) >= 11 is 0. The third-order valence-electron chi connectivity index (χ3n) is 3.54. The monoisotopic (exact) mass is 251 g/mol. The first-order chi connectivity index (χ1) is 8.63. The van der Waals surface area contributed by atoms with Gasteiger partial charge >= 0.3 is 0 Å². The molecular weight excluding hydrogens is 233 g/mol. The van der Waals surface area contributed by atoms with Crippen LogP contribution >= 0.6 is 0 Å². The highest BCUT2D eigenvalue weighted by atomic mass is 19.1. The summed E-state index contributed by atoms with van der Waals surface area (Å²) in [5, 5.41) is 9.16. The summed E-state index contributed by atoms with van der Waals surface area (Å²) in [5.41, 5.74) is 0.0492. The van der Waals surface area contributed by atoms with Crippen LogP contribution in [-0.2, 0) is 0 Å². The molecule has 4 heteroatoms. The SMILES string of the molecule is CCC1CCCCN1C(=O)c1ccc(O)cc1F. The molecule has 2 rings (SSSR count). The predicted octanol–water partition coefficient (Wildman–Crippen LogP) is 2.94. The molecule has 1 aromatic rings. The summed E-state index contributed by atoms with van der Waals surface area (Å²) in [6.45, 7) is 2.74. The van der Waals surface area contributed by atoms with Crippen LogP contribution < -0.4 is 0 Å². The number of phenols is 1. The summed E-state index contributed by atoms with van der Waals surface area (Å²) in [7, 11) is 0. The van der Waals surface area contributed by atoms with Crippen LogP contribution in [0, 0.1) is 5.82 Å². The number of aromatic hydroxyl groups is 1. The second-order valence-electron chi connectivity index (χ2n) is 4.72. The molecule has 0 bridgehead atoms. The number of phenolic OH excluding ortho intramolecular Hbond substituents is 1. The van der Waals surface area contributed by atoms with Crippen LogP contribution in [-0.4, -0.2) is 28.5 Å². The molecule has 18 heavy (non-hydrogen) atoms. The van der Waals surface area contributed by atoms with Crippen LogP contribution in [0.2, 0.25) is 0 Å². The number of rotatable bonds is 2. The first-order valence-corrected chi connectivity index (χ1v) is 6.43. The Morgan fingerprint density at radius 2 is 2.28 bits per heavy atom. The minimum absolute atomic E-state index is 0.0492. The molecule has 3 nitrogen and oxygen atoms in total. The van der Waals surface area contributed by atoms with E-state index >= 15 is 0 Å². The molecule has 0 spiro atoms. The molecule has 1 N–H and O–H groups in total. The Morgan fingerprint density at radius 3 is 2.94 bits per heavy atom. The molecule has 1 aromatic carbocycles. The standard InChI is InChI=1S/C14H18FNO2/c1-2-10-5-3-4-8-16(10)14(18)12-7-6-11(17)9-13(12)15/h6-7,9-10,17H,2-5,8H2,1H3. The number of piperidine rings is 1. The molecule has 0 aliphatic carbocycles. The maximum atomic E-state index is 13.7. The lowest BCUT2D eigenvalue weighted by molar-refractivity contribution is 0.0603. The molecule has 1 heterocycles. The van der Waals surface area contributed by atoms with Crippen molar-refractivity contribution in [3.05, 3.63) is 29.6 Å². The maximum Gasteiger partial charge on any atom is 0.257 e. The molecule has 1 amide bonds. The highest BCUT2D eigenvalue weighted by Crippen LogP contribution is 2.24. The van der Waals surface area contributed by atoms with E-state index in [0.29, 0.717) is 6.54 Å². The van der Waals surface area contributed by atoms with Crippen molar-refractivity contribution >= 4 is 5.91 Å². The van der Waals surface area contributed by atoms with Crippen molar-refractivity contribution in [3.63, 3.8) is 0 Å². The van der Waals surface area contributed by atoms with Crippen LogP contribution in [0.4, 0.5) is 4.39 Å². The summed E-state index contributed by atoms with van der Waals surface area (Å²) < 4.78 is 13.7. The van der Waals surface area contributed by atoms with Gasteiger partial charge in [-0.05, 0) is 37.8 Å². The van der Waals surface area contributed by atoms with Crippen molar-refractivity contribution in [3.8, 4) is 5.75 Å². The van der Waals surface area contributed by atoms with E-state index in [1.54, 1.807) is 4.90 Å². The molecule has 1 saturated heterocycles. The third kappa shape index (κ3) is 2.47. The normalized spacial score (nSPS) is 19.9. The second-order valence-corrected chi connectivity index (χ2v) is 4.72. The Morgan fingerprint density at radius 1 is 1.50 bits per heavy atom. The average Bonchev–Trinajstić information content (AvgIpc) is 2.38. The van der Waals surface area contributed by atoms with E-state index in [4.69, 9.17) is 5.11 Å². The van der Waals surface area contributed by atoms with Crippen LogP contribution in [0.5, 0.6) is 5.75 Å². The Bertz CT molecular complexity index is 447. The van der Waals surface area contributed by atoms with Gasteiger partial charge in [0.2, 0.25) is 0 Å². The van der Waals surface area contributed by atoms with Gasteiger partial charge < -0.3 is 10.0 Å². The van der Waals surface area contributed by atoms with Gasteiger partial charge in [-0.25, -0.2) is 4.39 Å². The van der Waals surface area contributed by atoms with Gasteiger partial charge in [0.1, 0.15) is 11.6 Å². The van der Waals surface area contributed by atoms with Crippen LogP contribution in [0.15, 0.2) is 18.2 Å². The number of hydrogen-bond donors (Lipinski definition) is 1. The number of halogens is 1. The smallest absolute Gasteiger partial charge is 0.257 e. The van der Waals surface area contributed by atoms with E-state index in [9.17, 15) is 9.18 Å². The van der Waals surface area contributed by atoms with Crippen molar-refractivity contribution in [1.82, 2.24) is 4.90 Å². The van der Waals surface area contributed by atoms with Gasteiger partial charge in [0.05, 0.1) is 5.56 Å². The minimum atomic E-state index is -0.652. The maximum absolute atomic E-state index is 13.7. The van der Waals surface area contributed by atoms with Crippen LogP contribution in [0.1, 0.15) is 43.0 Å². The zero-order chi connectivity index (χ0) is 13.1. The van der Waals surface area contributed by atoms with Gasteiger partial charge in [-0.1, -0.05) is 6.92 Å². The average molecular weight is 251 g/mol. The van der Waals surface area contributed by atoms with Gasteiger partial charge in [0.15, 0.2) is 0 Å². The van der Waals surface area contributed by atoms with E-state index < -0.39 is 5.82 Å². The summed E-state index contributed by atoms with van der Waals surface area (Å²) in [6, 6.07) is 3.90. The zero-order valence-electron chi connectivity index (χ0n) is 10.5. The number of carbonyl (C=O) groups excluding carboxylic acids is 1. The number of nitrogens with zero attached hydrogens (tertiary/aromatic N) is 1. The molecule has 1 aliphatic heterocycles. The Labute approximate surface area is 106 Å². The molecule has 1 unspecified atom stereocenters. The Kier molecular flexibility index (Phi) is 3.84. The topological polar surface area (TPSA) is 40.5 Å². The van der Waals surface area contributed by atoms with Gasteiger partial charge in [0, 0.05) is 18.7 Å². The molecule has 1 aliphatic rings. The van der Waals surface area contributed by atoms with E-state index in [1.807, 2.05) is 6.92 Å². The third-order valence-corrected chi connectivity index (χ3v) is 3.54. The first kappa shape index (κ1) is 12.9. The fourth-order valence-electron chi connectivity index (χ4n) is 2.52. The van der Waals surface area contributed by atoms with E-state index in [1.165, 1.54) is 12.1 Å². The predicted molar refractivity (Wildman–Crippen MR) is 67.0 cm³/mol. The molecular formula is C14H18FNO2. The highest BCUT2D eigenvalue weighted by Gasteiger charge is 2.27. The van der Waals surface area contributed by atoms with Crippen molar-refractivity contribution in [2.45, 2.75) is 38.6 Å². The lowest BCUT2D eigenvalue weighted by atomic mass is 9.99. The number of benzene rings is 1. The Balaban J connectivity index is 2.24. The van der Waals surface area contributed by atoms with Crippen LogP contribution in [0.3, 0.4) is 0 Å². The summed E-state index contributed by atoms with van der Waals surface area (Å²) in [5.74, 6) is -1.07. The largest absolute Gasteiger partial charge is 0.508 e. The lowest BCUT2D eigenvalue weighted by Crippen LogP contribution is -2.43. The molecule has 98 valence electrons. The quantitative estimate of drug-likeness (QED) is 0.878. The molecule has 1 atom stereocenters. The molecule has 0 radical (unpaired) electrons. The van der Waals surface area contributed by atoms with Crippen molar-refractivity contribution in [1.29, 1.82) is 0 Å². The van der Waals surface area contributed by atoms with Crippen molar-refractivity contribution < 1.29 is 14.3 Å². The first-order valence-electron chi connectivity index (χ1n) is 6.43. The Hall–Kier alpha value is -1.58. The second kappa shape index (κ2) is 5.38. The molecule has 0 aromatic heterocycles. The number of amides is 1. The lowest BCUT2D eigenvalue weighted by Gasteiger charge is -2.35. The van der Waals surface area contributed by atoms with Gasteiger partial charge in [0.25, 0.3) is 5.91 Å². The molecule has 1 fully saturated rings. The van der Waals surface area contributed by atoms with Gasteiger partial charge in [-0.3, -0.25) is 4.79 Å². The van der Waals surface area contributed by atoms with Crippen LogP contribution in [0.25, 0.3) is 0 Å². The summed E-state index contributed by atoms with van der Waals surface area (Å²) in [4.78, 5) is 14.1. The van der Waals surface area contributed by atoms with Gasteiger partial charge in [-0.2, -0.15) is 0 Å².